The first-order valence-corrected chi connectivity index (χ1v) is 8.19. The Morgan fingerprint density at radius 1 is 1.25 bits per heavy atom. The number of hydrogen-bond donors (Lipinski definition) is 3. The molecule has 7 heteroatoms. The zero-order chi connectivity index (χ0) is 15.3. The van der Waals surface area contributed by atoms with E-state index in [1.165, 1.54) is 12.1 Å². The molecule has 1 aromatic rings. The highest BCUT2D eigenvalue weighted by molar-refractivity contribution is 7.89. The molecule has 6 nitrogen and oxygen atoms in total. The third-order valence-electron chi connectivity index (χ3n) is 3.30. The second-order valence-electron chi connectivity index (χ2n) is 4.69. The topological polar surface area (TPSA) is 110 Å². The number of hydrogen-bond acceptors (Lipinski definition) is 5. The number of primary sulfonamides is 1. The van der Waals surface area contributed by atoms with Gasteiger partial charge in [-0.3, -0.25) is 0 Å². The molecular weight excluding hydrogens is 278 g/mol. The van der Waals surface area contributed by atoms with Crippen LogP contribution in [0.2, 0.25) is 0 Å². The van der Waals surface area contributed by atoms with E-state index in [-0.39, 0.29) is 17.5 Å². The number of rotatable bonds is 7. The summed E-state index contributed by atoms with van der Waals surface area (Å²) < 4.78 is 23.0. The van der Waals surface area contributed by atoms with Crippen LogP contribution in [0.1, 0.15) is 26.7 Å². The summed E-state index contributed by atoms with van der Waals surface area (Å²) in [7, 11) is -3.80. The number of nitrogens with two attached hydrogens (primary N) is 2. The fourth-order valence-corrected chi connectivity index (χ4v) is 2.88. The van der Waals surface area contributed by atoms with Crippen LogP contribution in [0.25, 0.3) is 0 Å². The lowest BCUT2D eigenvalue weighted by atomic mass is 10.1. The second-order valence-corrected chi connectivity index (χ2v) is 6.25. The molecule has 0 fully saturated rings. The first-order valence-electron chi connectivity index (χ1n) is 6.64. The quantitative estimate of drug-likeness (QED) is 0.648. The largest absolute Gasteiger partial charge is 0.399 e. The summed E-state index contributed by atoms with van der Waals surface area (Å²) in [5.41, 5.74) is 6.76. The Kier molecular flexibility index (Phi) is 5.79. The molecule has 0 radical (unpaired) electrons. The number of anilines is 2. The Bertz CT molecular complexity index is 542. The van der Waals surface area contributed by atoms with Crippen molar-refractivity contribution in [2.75, 3.05) is 23.8 Å². The predicted molar refractivity (Wildman–Crippen MR) is 81.0 cm³/mol. The standard InChI is InChI=1S/C13H23N3O3S/c1-3-11(4-2)16(5-6-17)12-7-10(14)8-13(9-12)20(15,18)19/h7-9,11,17H,3-6,14H2,1-2H3,(H2,15,18,19). The molecule has 0 aliphatic rings. The zero-order valence-electron chi connectivity index (χ0n) is 11.9. The Morgan fingerprint density at radius 2 is 1.85 bits per heavy atom. The molecule has 1 aromatic carbocycles. The van der Waals surface area contributed by atoms with Gasteiger partial charge in [0.05, 0.1) is 11.5 Å². The summed E-state index contributed by atoms with van der Waals surface area (Å²) in [6, 6.07) is 4.74. The fourth-order valence-electron chi connectivity index (χ4n) is 2.30. The van der Waals surface area contributed by atoms with Crippen molar-refractivity contribution in [2.24, 2.45) is 5.14 Å². The van der Waals surface area contributed by atoms with Crippen molar-refractivity contribution >= 4 is 21.4 Å². The maximum Gasteiger partial charge on any atom is 0.238 e. The van der Waals surface area contributed by atoms with Gasteiger partial charge in [-0.2, -0.15) is 0 Å². The molecule has 5 N–H and O–H groups in total. The van der Waals surface area contributed by atoms with Gasteiger partial charge in [0.1, 0.15) is 0 Å². The highest BCUT2D eigenvalue weighted by Crippen LogP contribution is 2.26. The van der Waals surface area contributed by atoms with Crippen LogP contribution in [-0.2, 0) is 10.0 Å². The molecule has 114 valence electrons. The number of aliphatic hydroxyl groups is 1. The second kappa shape index (κ2) is 6.92. The minimum absolute atomic E-state index is 0.0126. The van der Waals surface area contributed by atoms with Crippen LogP contribution < -0.4 is 15.8 Å². The smallest absolute Gasteiger partial charge is 0.238 e. The summed E-state index contributed by atoms with van der Waals surface area (Å²) in [5, 5.41) is 14.4. The number of sulfonamides is 1. The van der Waals surface area contributed by atoms with E-state index >= 15 is 0 Å². The molecular formula is C13H23N3O3S. The van der Waals surface area contributed by atoms with Gasteiger partial charge in [0.15, 0.2) is 0 Å². The van der Waals surface area contributed by atoms with Crippen molar-refractivity contribution in [1.29, 1.82) is 0 Å². The van der Waals surface area contributed by atoms with Crippen molar-refractivity contribution in [1.82, 2.24) is 0 Å². The van der Waals surface area contributed by atoms with Gasteiger partial charge in [0.2, 0.25) is 10.0 Å². The van der Waals surface area contributed by atoms with Crippen LogP contribution in [0.3, 0.4) is 0 Å². The SMILES string of the molecule is CCC(CC)N(CCO)c1cc(N)cc(S(N)(=O)=O)c1. The van der Waals surface area contributed by atoms with Crippen molar-refractivity contribution in [3.63, 3.8) is 0 Å². The van der Waals surface area contributed by atoms with E-state index in [1.807, 2.05) is 18.7 Å². The summed E-state index contributed by atoms with van der Waals surface area (Å²) in [6.45, 7) is 4.49. The van der Waals surface area contributed by atoms with E-state index in [1.54, 1.807) is 6.07 Å². The summed E-state index contributed by atoms with van der Waals surface area (Å²) in [5.74, 6) is 0. The van der Waals surface area contributed by atoms with Crippen molar-refractivity contribution in [3.8, 4) is 0 Å². The Balaban J connectivity index is 3.30. The molecule has 0 unspecified atom stereocenters. The molecule has 1 rings (SSSR count). The van der Waals surface area contributed by atoms with Crippen LogP contribution >= 0.6 is 0 Å². The van der Waals surface area contributed by atoms with Gasteiger partial charge in [-0.15, -0.1) is 0 Å². The van der Waals surface area contributed by atoms with Gasteiger partial charge in [-0.05, 0) is 31.0 Å². The lowest BCUT2D eigenvalue weighted by molar-refractivity contribution is 0.296. The molecule has 0 aromatic heterocycles. The molecule has 0 aliphatic heterocycles. The Morgan fingerprint density at radius 3 is 2.30 bits per heavy atom. The molecule has 0 atom stereocenters. The van der Waals surface area contributed by atoms with Gasteiger partial charge in [-0.1, -0.05) is 13.8 Å². The number of nitrogens with zero attached hydrogens (tertiary/aromatic N) is 1. The maximum absolute atomic E-state index is 11.5. The van der Waals surface area contributed by atoms with Gasteiger partial charge in [0, 0.05) is 24.0 Å². The highest BCUT2D eigenvalue weighted by atomic mass is 32.2. The molecule has 0 saturated heterocycles. The third-order valence-corrected chi connectivity index (χ3v) is 4.19. The van der Waals surface area contributed by atoms with Crippen LogP contribution in [0.4, 0.5) is 11.4 Å². The maximum atomic E-state index is 11.5. The van der Waals surface area contributed by atoms with Gasteiger partial charge in [-0.25, -0.2) is 13.6 Å². The molecule has 0 aliphatic carbocycles. The minimum Gasteiger partial charge on any atom is -0.399 e. The first-order chi connectivity index (χ1) is 9.33. The zero-order valence-corrected chi connectivity index (χ0v) is 12.7. The average molecular weight is 301 g/mol. The molecule has 0 spiro atoms. The normalized spacial score (nSPS) is 11.8. The van der Waals surface area contributed by atoms with Crippen molar-refractivity contribution in [2.45, 2.75) is 37.6 Å². The third kappa shape index (κ3) is 4.09. The lowest BCUT2D eigenvalue weighted by Gasteiger charge is -2.32. The molecule has 0 saturated carbocycles. The average Bonchev–Trinajstić information content (AvgIpc) is 2.37. The number of benzene rings is 1. The van der Waals surface area contributed by atoms with E-state index in [4.69, 9.17) is 10.9 Å². The van der Waals surface area contributed by atoms with Crippen LogP contribution in [0.15, 0.2) is 23.1 Å². The minimum atomic E-state index is -3.80. The van der Waals surface area contributed by atoms with E-state index in [9.17, 15) is 13.5 Å². The van der Waals surface area contributed by atoms with Crippen molar-refractivity contribution < 1.29 is 13.5 Å². The predicted octanol–water partition coefficient (Wildman–Crippen LogP) is 0.904. The lowest BCUT2D eigenvalue weighted by Crippen LogP contribution is -2.37. The van der Waals surface area contributed by atoms with E-state index in [0.29, 0.717) is 17.9 Å². The van der Waals surface area contributed by atoms with Crippen LogP contribution in [-0.4, -0.2) is 32.7 Å². The van der Waals surface area contributed by atoms with Crippen LogP contribution in [0, 0.1) is 0 Å². The van der Waals surface area contributed by atoms with E-state index in [0.717, 1.165) is 12.8 Å². The van der Waals surface area contributed by atoms with Crippen LogP contribution in [0.5, 0.6) is 0 Å². The Hall–Kier alpha value is -1.31. The molecule has 0 amide bonds. The van der Waals surface area contributed by atoms with E-state index < -0.39 is 10.0 Å². The summed E-state index contributed by atoms with van der Waals surface area (Å²) in [4.78, 5) is 1.95. The highest BCUT2D eigenvalue weighted by Gasteiger charge is 2.18. The molecule has 0 heterocycles. The summed E-state index contributed by atoms with van der Waals surface area (Å²) >= 11 is 0. The van der Waals surface area contributed by atoms with Gasteiger partial charge < -0.3 is 15.7 Å². The van der Waals surface area contributed by atoms with E-state index in [2.05, 4.69) is 0 Å². The summed E-state index contributed by atoms with van der Waals surface area (Å²) in [6.07, 6.45) is 1.77. The number of aliphatic hydroxyl groups excluding tert-OH is 1. The van der Waals surface area contributed by atoms with Gasteiger partial charge in [0.25, 0.3) is 0 Å². The molecule has 0 bridgehead atoms. The van der Waals surface area contributed by atoms with Gasteiger partial charge >= 0.3 is 0 Å². The van der Waals surface area contributed by atoms with Crippen molar-refractivity contribution in [3.05, 3.63) is 18.2 Å². The number of nitrogen functional groups attached to an aromatic ring is 1. The monoisotopic (exact) mass is 301 g/mol. The molecule has 20 heavy (non-hydrogen) atoms. The first kappa shape index (κ1) is 16.7. The Labute approximate surface area is 120 Å². The fraction of sp³-hybridized carbons (Fsp3) is 0.538.